The fourth-order valence-corrected chi connectivity index (χ4v) is 2.19. The molecule has 0 saturated carbocycles. The number of piperazine rings is 1. The zero-order chi connectivity index (χ0) is 10.4. The molecular weight excluding hydrogens is 176 g/mol. The first-order valence-corrected chi connectivity index (χ1v) is 5.85. The average Bonchev–Trinajstić information content (AvgIpc) is 2.19. The van der Waals surface area contributed by atoms with Gasteiger partial charge in [-0.15, -0.1) is 0 Å². The first kappa shape index (κ1) is 12.0. The maximum absolute atomic E-state index is 8.76. The number of aliphatic hydroxyl groups excluding tert-OH is 1. The van der Waals surface area contributed by atoms with Crippen molar-refractivity contribution >= 4 is 0 Å². The molecule has 1 aliphatic rings. The van der Waals surface area contributed by atoms with E-state index in [0.29, 0.717) is 12.6 Å². The van der Waals surface area contributed by atoms with Crippen molar-refractivity contribution in [1.82, 2.24) is 9.80 Å². The van der Waals surface area contributed by atoms with E-state index >= 15 is 0 Å². The molecule has 14 heavy (non-hydrogen) atoms. The summed E-state index contributed by atoms with van der Waals surface area (Å²) in [5.41, 5.74) is 0. The van der Waals surface area contributed by atoms with Crippen molar-refractivity contribution in [2.75, 3.05) is 39.3 Å². The minimum Gasteiger partial charge on any atom is -0.396 e. The van der Waals surface area contributed by atoms with Gasteiger partial charge in [0.15, 0.2) is 0 Å². The highest BCUT2D eigenvalue weighted by Crippen LogP contribution is 2.09. The van der Waals surface area contributed by atoms with Crippen LogP contribution in [0.5, 0.6) is 0 Å². The molecule has 3 nitrogen and oxygen atoms in total. The van der Waals surface area contributed by atoms with Crippen LogP contribution >= 0.6 is 0 Å². The van der Waals surface area contributed by atoms with Crippen LogP contribution in [0.15, 0.2) is 0 Å². The molecule has 0 aliphatic carbocycles. The van der Waals surface area contributed by atoms with E-state index < -0.39 is 0 Å². The molecule has 1 fully saturated rings. The Morgan fingerprint density at radius 1 is 1.29 bits per heavy atom. The Labute approximate surface area is 87.7 Å². The summed E-state index contributed by atoms with van der Waals surface area (Å²) < 4.78 is 0. The largest absolute Gasteiger partial charge is 0.396 e. The molecule has 0 spiro atoms. The molecule has 1 N–H and O–H groups in total. The molecular formula is C11H24N2O. The maximum Gasteiger partial charge on any atom is 0.0443 e. The molecule has 0 bridgehead atoms. The van der Waals surface area contributed by atoms with Crippen LogP contribution in [-0.2, 0) is 0 Å². The lowest BCUT2D eigenvalue weighted by Gasteiger charge is -2.39. The van der Waals surface area contributed by atoms with Crippen LogP contribution < -0.4 is 0 Å². The quantitative estimate of drug-likeness (QED) is 0.710. The second kappa shape index (κ2) is 6.38. The van der Waals surface area contributed by atoms with Gasteiger partial charge in [-0.25, -0.2) is 0 Å². The fraction of sp³-hybridized carbons (Fsp3) is 1.00. The summed E-state index contributed by atoms with van der Waals surface area (Å²) in [6.45, 7) is 10.7. The molecule has 0 radical (unpaired) electrons. The number of rotatable bonds is 5. The van der Waals surface area contributed by atoms with Gasteiger partial charge in [-0.1, -0.05) is 6.92 Å². The molecule has 1 aliphatic heterocycles. The molecule has 1 rings (SSSR count). The van der Waals surface area contributed by atoms with Gasteiger partial charge in [0.2, 0.25) is 0 Å². The van der Waals surface area contributed by atoms with Crippen molar-refractivity contribution in [3.05, 3.63) is 0 Å². The van der Waals surface area contributed by atoms with Crippen LogP contribution in [0, 0.1) is 0 Å². The van der Waals surface area contributed by atoms with E-state index in [2.05, 4.69) is 23.6 Å². The Balaban J connectivity index is 2.24. The zero-order valence-electron chi connectivity index (χ0n) is 9.58. The van der Waals surface area contributed by atoms with Crippen molar-refractivity contribution < 1.29 is 5.11 Å². The fourth-order valence-electron chi connectivity index (χ4n) is 2.19. The first-order chi connectivity index (χ1) is 6.77. The second-order valence-electron chi connectivity index (χ2n) is 4.26. The molecule has 1 heterocycles. The van der Waals surface area contributed by atoms with Crippen LogP contribution in [-0.4, -0.2) is 60.3 Å². The van der Waals surface area contributed by atoms with E-state index in [4.69, 9.17) is 5.11 Å². The monoisotopic (exact) mass is 200 g/mol. The SMILES string of the molecule is CCCN1CCN(CCCO)C[C@@H]1C. The summed E-state index contributed by atoms with van der Waals surface area (Å²) >= 11 is 0. The summed E-state index contributed by atoms with van der Waals surface area (Å²) in [6.07, 6.45) is 2.17. The smallest absolute Gasteiger partial charge is 0.0443 e. The molecule has 0 aromatic rings. The summed E-state index contributed by atoms with van der Waals surface area (Å²) in [7, 11) is 0. The molecule has 3 heteroatoms. The number of hydrogen-bond donors (Lipinski definition) is 1. The molecule has 1 saturated heterocycles. The van der Waals surface area contributed by atoms with Gasteiger partial charge in [0, 0.05) is 38.8 Å². The summed E-state index contributed by atoms with van der Waals surface area (Å²) in [6, 6.07) is 0.683. The van der Waals surface area contributed by atoms with E-state index in [9.17, 15) is 0 Å². The van der Waals surface area contributed by atoms with Gasteiger partial charge < -0.3 is 10.0 Å². The number of nitrogens with zero attached hydrogens (tertiary/aromatic N) is 2. The van der Waals surface area contributed by atoms with Gasteiger partial charge in [-0.2, -0.15) is 0 Å². The topological polar surface area (TPSA) is 26.7 Å². The maximum atomic E-state index is 8.76. The van der Waals surface area contributed by atoms with Crippen LogP contribution in [0.1, 0.15) is 26.7 Å². The van der Waals surface area contributed by atoms with Gasteiger partial charge in [0.25, 0.3) is 0 Å². The Bertz CT molecular complexity index is 152. The van der Waals surface area contributed by atoms with E-state index in [1.54, 1.807) is 0 Å². The van der Waals surface area contributed by atoms with E-state index in [1.165, 1.54) is 32.6 Å². The van der Waals surface area contributed by atoms with Crippen molar-refractivity contribution in [2.24, 2.45) is 0 Å². The molecule has 84 valence electrons. The normalized spacial score (nSPS) is 25.5. The molecule has 1 atom stereocenters. The van der Waals surface area contributed by atoms with E-state index in [0.717, 1.165) is 13.0 Å². The van der Waals surface area contributed by atoms with Crippen LogP contribution in [0.2, 0.25) is 0 Å². The van der Waals surface area contributed by atoms with Crippen molar-refractivity contribution in [3.63, 3.8) is 0 Å². The molecule has 0 aromatic heterocycles. The highest BCUT2D eigenvalue weighted by molar-refractivity contribution is 4.78. The first-order valence-electron chi connectivity index (χ1n) is 5.85. The lowest BCUT2D eigenvalue weighted by Crippen LogP contribution is -2.52. The Kier molecular flexibility index (Phi) is 5.45. The van der Waals surface area contributed by atoms with Gasteiger partial charge in [0.05, 0.1) is 0 Å². The summed E-state index contributed by atoms with van der Waals surface area (Å²) in [5.74, 6) is 0. The predicted octanol–water partition coefficient (Wildman–Crippen LogP) is 0.785. The Morgan fingerprint density at radius 2 is 2.07 bits per heavy atom. The van der Waals surface area contributed by atoms with Crippen LogP contribution in [0.4, 0.5) is 0 Å². The second-order valence-corrected chi connectivity index (χ2v) is 4.26. The third-order valence-electron chi connectivity index (χ3n) is 2.99. The van der Waals surface area contributed by atoms with Crippen LogP contribution in [0.3, 0.4) is 0 Å². The Hall–Kier alpha value is -0.120. The highest BCUT2D eigenvalue weighted by atomic mass is 16.3. The lowest BCUT2D eigenvalue weighted by atomic mass is 10.2. The Morgan fingerprint density at radius 3 is 2.64 bits per heavy atom. The third kappa shape index (κ3) is 3.56. The standard InChI is InChI=1S/C11H24N2O/c1-3-5-13-8-7-12(6-4-9-14)10-11(13)2/h11,14H,3-10H2,1-2H3/t11-/m0/s1. The van der Waals surface area contributed by atoms with Gasteiger partial charge in [-0.05, 0) is 26.3 Å². The third-order valence-corrected chi connectivity index (χ3v) is 2.99. The predicted molar refractivity (Wildman–Crippen MR) is 59.5 cm³/mol. The lowest BCUT2D eigenvalue weighted by molar-refractivity contribution is 0.0792. The van der Waals surface area contributed by atoms with Gasteiger partial charge in [-0.3, -0.25) is 4.90 Å². The molecule has 0 amide bonds. The summed E-state index contributed by atoms with van der Waals surface area (Å²) in [5, 5.41) is 8.76. The van der Waals surface area contributed by atoms with Crippen molar-refractivity contribution in [2.45, 2.75) is 32.7 Å². The van der Waals surface area contributed by atoms with E-state index in [1.807, 2.05) is 0 Å². The van der Waals surface area contributed by atoms with Crippen molar-refractivity contribution in [3.8, 4) is 0 Å². The summed E-state index contributed by atoms with van der Waals surface area (Å²) in [4.78, 5) is 5.03. The number of aliphatic hydroxyl groups is 1. The number of hydrogen-bond acceptors (Lipinski definition) is 3. The van der Waals surface area contributed by atoms with Crippen LogP contribution in [0.25, 0.3) is 0 Å². The van der Waals surface area contributed by atoms with E-state index in [-0.39, 0.29) is 0 Å². The highest BCUT2D eigenvalue weighted by Gasteiger charge is 2.21. The molecule has 0 aromatic carbocycles. The minimum atomic E-state index is 0.323. The zero-order valence-corrected chi connectivity index (χ0v) is 9.58. The molecule has 0 unspecified atom stereocenters. The van der Waals surface area contributed by atoms with Crippen molar-refractivity contribution in [1.29, 1.82) is 0 Å². The minimum absolute atomic E-state index is 0.323. The van der Waals surface area contributed by atoms with Gasteiger partial charge >= 0.3 is 0 Å². The average molecular weight is 200 g/mol. The van der Waals surface area contributed by atoms with Gasteiger partial charge in [0.1, 0.15) is 0 Å².